The SMILES string of the molecule is Cc1cc(Nc2cc(Oc3ccc4ccccc4c3)nc(Oc3ccc4ccccc4c3)n2)ccc1/C=C/c1ccc(Nc2cc(Oc3ccc4ccccc4c3)nc(Oc3ccc4ccccc4c3)n2)cc1S(=O)(=O)O.Cc1ccc(S(=O)(=O)[O-])cc1. The molecule has 0 spiro atoms. The molecule has 0 saturated heterocycles. The Morgan fingerprint density at radius 3 is 1.17 bits per heavy atom. The van der Waals surface area contributed by atoms with Crippen molar-refractivity contribution in [3.8, 4) is 46.8 Å². The van der Waals surface area contributed by atoms with E-state index in [1.165, 1.54) is 18.2 Å². The zero-order chi connectivity index (χ0) is 60.8. The van der Waals surface area contributed by atoms with E-state index in [2.05, 4.69) is 25.6 Å². The van der Waals surface area contributed by atoms with Gasteiger partial charge in [-0.1, -0.05) is 163 Å². The second-order valence-electron chi connectivity index (χ2n) is 20.3. The largest absolute Gasteiger partial charge is 0.744 e. The van der Waals surface area contributed by atoms with Crippen LogP contribution in [0.4, 0.5) is 23.0 Å². The number of fused-ring (bicyclic) bond motifs is 4. The van der Waals surface area contributed by atoms with Crippen molar-refractivity contribution in [1.29, 1.82) is 0 Å². The van der Waals surface area contributed by atoms with Gasteiger partial charge in [-0.3, -0.25) is 4.55 Å². The van der Waals surface area contributed by atoms with Gasteiger partial charge in [-0.25, -0.2) is 8.42 Å². The molecule has 13 rings (SSSR count). The van der Waals surface area contributed by atoms with E-state index in [4.69, 9.17) is 23.9 Å². The van der Waals surface area contributed by atoms with Crippen LogP contribution < -0.4 is 29.6 Å². The molecule has 0 amide bonds. The van der Waals surface area contributed by atoms with Crippen molar-refractivity contribution in [3.63, 3.8) is 0 Å². The van der Waals surface area contributed by atoms with Gasteiger partial charge in [0, 0.05) is 23.5 Å². The molecule has 0 bridgehead atoms. The Morgan fingerprint density at radius 1 is 0.398 bits per heavy atom. The first-order valence-corrected chi connectivity index (χ1v) is 30.3. The Kier molecular flexibility index (Phi) is 16.2. The van der Waals surface area contributed by atoms with Gasteiger partial charge in [0.15, 0.2) is 0 Å². The zero-order valence-electron chi connectivity index (χ0n) is 47.0. The highest BCUT2D eigenvalue weighted by Gasteiger charge is 2.18. The Morgan fingerprint density at radius 2 is 0.773 bits per heavy atom. The summed E-state index contributed by atoms with van der Waals surface area (Å²) in [5, 5.41) is 14.8. The van der Waals surface area contributed by atoms with Crippen molar-refractivity contribution < 1.29 is 44.9 Å². The maximum atomic E-state index is 13.0. The van der Waals surface area contributed by atoms with Crippen LogP contribution in [0, 0.1) is 13.8 Å². The van der Waals surface area contributed by atoms with Gasteiger partial charge >= 0.3 is 12.0 Å². The number of aryl methyl sites for hydroxylation is 2. The van der Waals surface area contributed by atoms with Crippen LogP contribution in [0.3, 0.4) is 0 Å². The van der Waals surface area contributed by atoms with Crippen LogP contribution in [0.5, 0.6) is 46.8 Å². The summed E-state index contributed by atoms with van der Waals surface area (Å²) in [5.41, 5.74) is 3.86. The molecule has 88 heavy (non-hydrogen) atoms. The van der Waals surface area contributed by atoms with Gasteiger partial charge in [0.1, 0.15) is 49.6 Å². The molecule has 0 saturated carbocycles. The van der Waals surface area contributed by atoms with Crippen LogP contribution in [-0.2, 0) is 20.2 Å². The first-order chi connectivity index (χ1) is 42.5. The molecule has 0 aliphatic heterocycles. The summed E-state index contributed by atoms with van der Waals surface area (Å²) < 4.78 is 92.7. The maximum absolute atomic E-state index is 13.0. The minimum absolute atomic E-state index is 0.0178. The van der Waals surface area contributed by atoms with Crippen molar-refractivity contribution in [1.82, 2.24) is 19.9 Å². The molecule has 0 unspecified atom stereocenters. The maximum Gasteiger partial charge on any atom is 0.327 e. The van der Waals surface area contributed by atoms with Gasteiger partial charge in [0.2, 0.25) is 11.8 Å². The lowest BCUT2D eigenvalue weighted by atomic mass is 10.1. The van der Waals surface area contributed by atoms with Crippen molar-refractivity contribution >= 4 is 98.5 Å². The monoisotopic (exact) mass is 1200 g/mol. The minimum atomic E-state index is -4.72. The second-order valence-corrected chi connectivity index (χ2v) is 23.1. The fraction of sp³-hybridized carbons (Fsp3) is 0.0286. The molecule has 18 heteroatoms. The highest BCUT2D eigenvalue weighted by molar-refractivity contribution is 7.86. The first kappa shape index (κ1) is 57.4. The number of nitrogens with one attached hydrogen (secondary N) is 2. The van der Waals surface area contributed by atoms with E-state index >= 15 is 0 Å². The van der Waals surface area contributed by atoms with E-state index in [0.717, 1.165) is 59.8 Å². The van der Waals surface area contributed by atoms with Crippen molar-refractivity contribution in [2.45, 2.75) is 23.6 Å². The average molecular weight is 1200 g/mol. The van der Waals surface area contributed by atoms with Gasteiger partial charge in [0.25, 0.3) is 10.1 Å². The minimum Gasteiger partial charge on any atom is -0.744 e. The van der Waals surface area contributed by atoms with Gasteiger partial charge in [0.05, 0.1) is 4.90 Å². The number of rotatable bonds is 16. The molecule has 0 radical (unpaired) electrons. The molecule has 0 aliphatic carbocycles. The fourth-order valence-electron chi connectivity index (χ4n) is 9.60. The van der Waals surface area contributed by atoms with E-state index in [-0.39, 0.29) is 45.0 Å². The summed E-state index contributed by atoms with van der Waals surface area (Å²) in [6, 6.07) is 74.3. The van der Waals surface area contributed by atoms with Crippen molar-refractivity contribution in [2.75, 3.05) is 10.6 Å². The summed E-state index contributed by atoms with van der Waals surface area (Å²) in [6.07, 6.45) is 3.42. The Hall–Kier alpha value is -11.0. The van der Waals surface area contributed by atoms with Crippen LogP contribution in [-0.4, -0.2) is 45.9 Å². The Bertz CT molecular complexity index is 4850. The lowest BCUT2D eigenvalue weighted by Gasteiger charge is -2.13. The number of benzene rings is 11. The molecule has 3 N–H and O–H groups in total. The summed E-state index contributed by atoms with van der Waals surface area (Å²) >= 11 is 0. The Balaban J connectivity index is 0.000000620. The second kappa shape index (κ2) is 24.9. The molecule has 11 aromatic carbocycles. The van der Waals surface area contributed by atoms with E-state index in [1.807, 2.05) is 202 Å². The number of anilines is 4. The Labute approximate surface area is 506 Å². The van der Waals surface area contributed by atoms with Crippen LogP contribution >= 0.6 is 0 Å². The summed E-state index contributed by atoms with van der Waals surface area (Å²) in [4.78, 5) is 18.0. The highest BCUT2D eigenvalue weighted by atomic mass is 32.2. The molecule has 0 fully saturated rings. The zero-order valence-corrected chi connectivity index (χ0v) is 48.6. The molecule has 2 aromatic heterocycles. The molecular weight excluding hydrogens is 1150 g/mol. The smallest absolute Gasteiger partial charge is 0.327 e. The van der Waals surface area contributed by atoms with Crippen LogP contribution in [0.1, 0.15) is 22.3 Å². The molecule has 434 valence electrons. The highest BCUT2D eigenvalue weighted by Crippen LogP contribution is 2.35. The number of ether oxygens (including phenoxy) is 4. The third kappa shape index (κ3) is 14.2. The quantitative estimate of drug-likeness (QED) is 0.0604. The van der Waals surface area contributed by atoms with Crippen LogP contribution in [0.15, 0.2) is 252 Å². The number of aromatic nitrogens is 4. The van der Waals surface area contributed by atoms with Crippen LogP contribution in [0.25, 0.3) is 55.2 Å². The van der Waals surface area contributed by atoms with Gasteiger partial charge in [-0.2, -0.15) is 28.4 Å². The van der Waals surface area contributed by atoms with E-state index in [9.17, 15) is 25.9 Å². The number of hydrogen-bond donors (Lipinski definition) is 3. The van der Waals surface area contributed by atoms with E-state index < -0.39 is 20.2 Å². The molecule has 16 nitrogen and oxygen atoms in total. The van der Waals surface area contributed by atoms with Crippen molar-refractivity contribution in [3.05, 3.63) is 265 Å². The summed E-state index contributed by atoms with van der Waals surface area (Å²) in [7, 11) is -8.99. The molecule has 0 atom stereocenters. The lowest BCUT2D eigenvalue weighted by Crippen LogP contribution is -2.04. The summed E-state index contributed by atoms with van der Waals surface area (Å²) in [5.74, 6) is 3.30. The number of hydrogen-bond acceptors (Lipinski definition) is 15. The average Bonchev–Trinajstić information content (AvgIpc) is 2.30. The molecular formula is C70H51N6O10S2-. The lowest BCUT2D eigenvalue weighted by molar-refractivity contribution is 0.412. The topological polar surface area (TPSA) is 224 Å². The normalized spacial score (nSPS) is 11.5. The first-order valence-electron chi connectivity index (χ1n) is 27.5. The van der Waals surface area contributed by atoms with Gasteiger partial charge in [-0.05, 0) is 159 Å². The van der Waals surface area contributed by atoms with Crippen molar-refractivity contribution in [2.24, 2.45) is 0 Å². The number of nitrogens with zero attached hydrogens (tertiary/aromatic N) is 4. The third-order valence-corrected chi connectivity index (χ3v) is 15.7. The fourth-order valence-corrected chi connectivity index (χ4v) is 10.8. The van der Waals surface area contributed by atoms with Gasteiger partial charge < -0.3 is 34.1 Å². The van der Waals surface area contributed by atoms with Crippen LogP contribution in [0.2, 0.25) is 0 Å². The van der Waals surface area contributed by atoms with Gasteiger partial charge in [-0.15, -0.1) is 0 Å². The molecule has 0 aliphatic rings. The summed E-state index contributed by atoms with van der Waals surface area (Å²) in [6.45, 7) is 3.75. The van der Waals surface area contributed by atoms with E-state index in [0.29, 0.717) is 40.2 Å². The predicted octanol–water partition coefficient (Wildman–Crippen LogP) is 17.2. The third-order valence-electron chi connectivity index (χ3n) is 14.0. The van der Waals surface area contributed by atoms with E-state index in [1.54, 1.807) is 48.6 Å². The molecule has 13 aromatic rings. The molecule has 2 heterocycles. The predicted molar refractivity (Wildman–Crippen MR) is 342 cm³/mol. The standard InChI is InChI=1S/C63H44N6O7S.C7H8O3S/c1-40-32-51(64-58-38-60(73-53-28-22-42-10-2-6-14-47(42)33-53)68-62(66-58)75-55-30-24-44-12-4-8-16-49(44)35-55)26-20-41(40)18-19-46-21-27-52(37-57(46)77(70,71)72)65-59-39-61(74-54-29-23-43-11-3-7-15-48(43)34-54)69-63(67-59)76-56-31-25-45-13-5-9-17-50(45)36-56;1-6-2-4-7(5-3-6)11(8,9)10/h2-39H,1H3,(H,64,66,68)(H,65,67,69)(H,70,71,72);2-5H,1H3,(H,8,9,10)/p-1/b19-18+;.